The largest absolute Gasteiger partial charge is 0.497 e. The average Bonchev–Trinajstić information content (AvgIpc) is 3.20. The first-order chi connectivity index (χ1) is 12.7. The molecule has 1 aromatic heterocycles. The summed E-state index contributed by atoms with van der Waals surface area (Å²) >= 11 is 1.62. The lowest BCUT2D eigenvalue weighted by Gasteiger charge is -2.18. The molecule has 0 unspecified atom stereocenters. The number of nitrogens with one attached hydrogen (secondary N) is 1. The number of rotatable bonds is 7. The molecule has 1 atom stereocenters. The zero-order chi connectivity index (χ0) is 18.4. The smallest absolute Gasteiger partial charge is 0.258 e. The Morgan fingerprint density at radius 2 is 1.73 bits per heavy atom. The summed E-state index contributed by atoms with van der Waals surface area (Å²) in [6, 6.07) is 19.2. The van der Waals surface area contributed by atoms with Crippen molar-refractivity contribution in [2.75, 3.05) is 13.7 Å². The third-order valence-corrected chi connectivity index (χ3v) is 4.91. The summed E-state index contributed by atoms with van der Waals surface area (Å²) in [5, 5.41) is 5.08. The molecule has 5 heteroatoms. The normalized spacial score (nSPS) is 11.6. The van der Waals surface area contributed by atoms with Crippen molar-refractivity contribution in [2.24, 2.45) is 0 Å². The number of carbonyl (C=O) groups excluding carboxylic acids is 1. The quantitative estimate of drug-likeness (QED) is 0.675. The molecule has 1 N–H and O–H groups in total. The van der Waals surface area contributed by atoms with Gasteiger partial charge in [-0.2, -0.15) is 0 Å². The van der Waals surface area contributed by atoms with E-state index in [9.17, 15) is 4.79 Å². The first-order valence-corrected chi connectivity index (χ1v) is 9.20. The third-order valence-electron chi connectivity index (χ3n) is 3.97. The molecule has 134 valence electrons. The Morgan fingerprint density at radius 1 is 1.04 bits per heavy atom. The van der Waals surface area contributed by atoms with Crippen molar-refractivity contribution in [1.29, 1.82) is 0 Å². The number of hydrogen-bond donors (Lipinski definition) is 1. The van der Waals surface area contributed by atoms with E-state index in [0.29, 0.717) is 5.75 Å². The highest BCUT2D eigenvalue weighted by atomic mass is 32.1. The molecule has 0 fully saturated rings. The lowest BCUT2D eigenvalue weighted by atomic mass is 10.0. The molecule has 0 radical (unpaired) electrons. The van der Waals surface area contributed by atoms with Crippen molar-refractivity contribution in [3.63, 3.8) is 0 Å². The molecule has 1 amide bonds. The number of hydrogen-bond acceptors (Lipinski definition) is 4. The number of aryl methyl sites for hydroxylation is 1. The van der Waals surface area contributed by atoms with Crippen LogP contribution in [0.1, 0.15) is 22.0 Å². The fourth-order valence-electron chi connectivity index (χ4n) is 2.56. The Kier molecular flexibility index (Phi) is 5.92. The zero-order valence-electron chi connectivity index (χ0n) is 14.8. The van der Waals surface area contributed by atoms with Crippen LogP contribution in [0.25, 0.3) is 0 Å². The predicted octanol–water partition coefficient (Wildman–Crippen LogP) is 4.35. The summed E-state index contributed by atoms with van der Waals surface area (Å²) < 4.78 is 10.7. The van der Waals surface area contributed by atoms with E-state index in [-0.39, 0.29) is 18.6 Å². The maximum Gasteiger partial charge on any atom is 0.258 e. The summed E-state index contributed by atoms with van der Waals surface area (Å²) in [5.41, 5.74) is 2.24. The van der Waals surface area contributed by atoms with Crippen LogP contribution in [0.4, 0.5) is 0 Å². The predicted molar refractivity (Wildman–Crippen MR) is 104 cm³/mol. The standard InChI is InChI=1S/C21H21NO3S/c1-15-5-7-16(8-6-15)21(19-4-3-13-26-19)22-20(23)14-25-18-11-9-17(24-2)10-12-18/h3-13,21H,14H2,1-2H3,(H,22,23)/t21-/m1/s1. The Bertz CT molecular complexity index is 827. The van der Waals surface area contributed by atoms with Crippen LogP contribution in [-0.4, -0.2) is 19.6 Å². The van der Waals surface area contributed by atoms with Crippen LogP contribution in [0.5, 0.6) is 11.5 Å². The van der Waals surface area contributed by atoms with Crippen LogP contribution in [0.3, 0.4) is 0 Å². The Hall–Kier alpha value is -2.79. The van der Waals surface area contributed by atoms with Gasteiger partial charge in [0.05, 0.1) is 13.2 Å². The third kappa shape index (κ3) is 4.64. The van der Waals surface area contributed by atoms with Crippen molar-refractivity contribution in [1.82, 2.24) is 5.32 Å². The molecule has 3 aromatic rings. The Labute approximate surface area is 157 Å². The lowest BCUT2D eigenvalue weighted by Crippen LogP contribution is -2.32. The second-order valence-electron chi connectivity index (χ2n) is 5.89. The van der Waals surface area contributed by atoms with Crippen LogP contribution in [-0.2, 0) is 4.79 Å². The van der Waals surface area contributed by atoms with Gasteiger partial charge in [-0.15, -0.1) is 11.3 Å². The zero-order valence-corrected chi connectivity index (χ0v) is 15.6. The van der Waals surface area contributed by atoms with Gasteiger partial charge in [0.1, 0.15) is 11.5 Å². The molecular formula is C21H21NO3S. The van der Waals surface area contributed by atoms with Crippen LogP contribution in [0, 0.1) is 6.92 Å². The van der Waals surface area contributed by atoms with Crippen molar-refractivity contribution >= 4 is 17.2 Å². The molecule has 0 aliphatic rings. The lowest BCUT2D eigenvalue weighted by molar-refractivity contribution is -0.123. The molecule has 0 bridgehead atoms. The molecule has 0 spiro atoms. The van der Waals surface area contributed by atoms with Crippen molar-refractivity contribution in [3.05, 3.63) is 82.0 Å². The maximum absolute atomic E-state index is 12.4. The van der Waals surface area contributed by atoms with E-state index in [2.05, 4.69) is 17.4 Å². The fourth-order valence-corrected chi connectivity index (χ4v) is 3.36. The minimum absolute atomic E-state index is 0.0416. The van der Waals surface area contributed by atoms with E-state index in [1.54, 1.807) is 42.7 Å². The van der Waals surface area contributed by atoms with Gasteiger partial charge in [0, 0.05) is 4.88 Å². The van der Waals surface area contributed by atoms with Gasteiger partial charge in [-0.1, -0.05) is 35.9 Å². The first kappa shape index (κ1) is 18.0. The number of amides is 1. The molecule has 0 saturated heterocycles. The van der Waals surface area contributed by atoms with Crippen LogP contribution in [0.2, 0.25) is 0 Å². The van der Waals surface area contributed by atoms with Crippen molar-refractivity contribution in [3.8, 4) is 11.5 Å². The SMILES string of the molecule is COc1ccc(OCC(=O)N[C@H](c2ccc(C)cc2)c2cccs2)cc1. The minimum atomic E-state index is -0.178. The second kappa shape index (κ2) is 8.54. The molecular weight excluding hydrogens is 346 g/mol. The number of carbonyl (C=O) groups is 1. The van der Waals surface area contributed by atoms with E-state index < -0.39 is 0 Å². The van der Waals surface area contributed by atoms with Gasteiger partial charge >= 0.3 is 0 Å². The summed E-state index contributed by atoms with van der Waals surface area (Å²) in [4.78, 5) is 13.5. The van der Waals surface area contributed by atoms with Gasteiger partial charge in [-0.3, -0.25) is 4.79 Å². The van der Waals surface area contributed by atoms with E-state index in [0.717, 1.165) is 16.2 Å². The average molecular weight is 367 g/mol. The number of ether oxygens (including phenoxy) is 2. The summed E-state index contributed by atoms with van der Waals surface area (Å²) in [6.45, 7) is 2.01. The van der Waals surface area contributed by atoms with Crippen molar-refractivity contribution in [2.45, 2.75) is 13.0 Å². The van der Waals surface area contributed by atoms with Crippen LogP contribution in [0.15, 0.2) is 66.0 Å². The van der Waals surface area contributed by atoms with E-state index in [1.165, 1.54) is 5.56 Å². The number of thiophene rings is 1. The summed E-state index contributed by atoms with van der Waals surface area (Å²) in [6.07, 6.45) is 0. The Morgan fingerprint density at radius 3 is 2.35 bits per heavy atom. The molecule has 1 heterocycles. The molecule has 2 aromatic carbocycles. The molecule has 0 aliphatic carbocycles. The van der Waals surface area contributed by atoms with Crippen molar-refractivity contribution < 1.29 is 14.3 Å². The van der Waals surface area contributed by atoms with Gasteiger partial charge in [0.15, 0.2) is 6.61 Å². The minimum Gasteiger partial charge on any atom is -0.497 e. The van der Waals surface area contributed by atoms with E-state index >= 15 is 0 Å². The van der Waals surface area contributed by atoms with E-state index in [4.69, 9.17) is 9.47 Å². The van der Waals surface area contributed by atoms with Gasteiger partial charge in [0.25, 0.3) is 5.91 Å². The molecule has 3 rings (SSSR count). The van der Waals surface area contributed by atoms with Gasteiger partial charge < -0.3 is 14.8 Å². The first-order valence-electron chi connectivity index (χ1n) is 8.32. The van der Waals surface area contributed by atoms with Gasteiger partial charge in [-0.05, 0) is 48.2 Å². The molecule has 26 heavy (non-hydrogen) atoms. The topological polar surface area (TPSA) is 47.6 Å². The molecule has 0 aliphatic heterocycles. The summed E-state index contributed by atoms with van der Waals surface area (Å²) in [5.74, 6) is 1.21. The van der Waals surface area contributed by atoms with Gasteiger partial charge in [-0.25, -0.2) is 0 Å². The second-order valence-corrected chi connectivity index (χ2v) is 6.87. The molecule has 4 nitrogen and oxygen atoms in total. The van der Waals surface area contributed by atoms with E-state index in [1.807, 2.05) is 36.6 Å². The van der Waals surface area contributed by atoms with Crippen LogP contribution < -0.4 is 14.8 Å². The maximum atomic E-state index is 12.4. The highest BCUT2D eigenvalue weighted by molar-refractivity contribution is 7.10. The monoisotopic (exact) mass is 367 g/mol. The highest BCUT2D eigenvalue weighted by Gasteiger charge is 2.18. The molecule has 0 saturated carbocycles. The summed E-state index contributed by atoms with van der Waals surface area (Å²) in [7, 11) is 1.61. The number of methoxy groups -OCH3 is 1. The van der Waals surface area contributed by atoms with Gasteiger partial charge in [0.2, 0.25) is 0 Å². The fraction of sp³-hybridized carbons (Fsp3) is 0.190. The van der Waals surface area contributed by atoms with Crippen LogP contribution >= 0.6 is 11.3 Å². The highest BCUT2D eigenvalue weighted by Crippen LogP contribution is 2.26. The number of benzene rings is 2. The Balaban J connectivity index is 1.66.